The number of hydrogen-bond acceptors (Lipinski definition) is 2. The number of nitrogen functional groups attached to an aromatic ring is 1. The highest BCUT2D eigenvalue weighted by Gasteiger charge is 2.05. The summed E-state index contributed by atoms with van der Waals surface area (Å²) in [6.45, 7) is 3.64. The number of benzene rings is 1. The molecule has 1 rings (SSSR count). The normalized spacial score (nSPS) is 12.4. The maximum Gasteiger partial charge on any atom is 0.0362 e. The van der Waals surface area contributed by atoms with E-state index in [1.807, 2.05) is 24.3 Å². The molecule has 1 aromatic carbocycles. The summed E-state index contributed by atoms with van der Waals surface area (Å²) in [6, 6.07) is 7.62. The van der Waals surface area contributed by atoms with Gasteiger partial charge in [-0.25, -0.2) is 0 Å². The van der Waals surface area contributed by atoms with Crippen LogP contribution in [0.3, 0.4) is 0 Å². The second kappa shape index (κ2) is 3.93. The zero-order valence-corrected chi connectivity index (χ0v) is 7.03. The average Bonchev–Trinajstić information content (AvgIpc) is 2.05. The molecule has 1 atom stereocenters. The fourth-order valence-electron chi connectivity index (χ4n) is 1.16. The van der Waals surface area contributed by atoms with Crippen molar-refractivity contribution >= 4 is 5.69 Å². The fourth-order valence-corrected chi connectivity index (χ4v) is 1.16. The molecule has 1 aromatic rings. The fraction of sp³-hybridized carbons (Fsp3) is 0.200. The third-order valence-electron chi connectivity index (χ3n) is 1.82. The molecule has 12 heavy (non-hydrogen) atoms. The second-order valence-corrected chi connectivity index (χ2v) is 2.76. The number of anilines is 1. The van der Waals surface area contributed by atoms with Gasteiger partial charge in [0.05, 0.1) is 0 Å². The summed E-state index contributed by atoms with van der Waals surface area (Å²) in [4.78, 5) is 0. The summed E-state index contributed by atoms with van der Waals surface area (Å²) in [6.07, 6.45) is 2.56. The lowest BCUT2D eigenvalue weighted by molar-refractivity contribution is 0.744. The molecule has 0 saturated heterocycles. The van der Waals surface area contributed by atoms with E-state index in [1.54, 1.807) is 6.08 Å². The molecule has 2 nitrogen and oxygen atoms in total. The van der Waals surface area contributed by atoms with Gasteiger partial charge in [-0.1, -0.05) is 24.3 Å². The van der Waals surface area contributed by atoms with Crippen LogP contribution >= 0.6 is 0 Å². The standard InChI is InChI=1S/C10H14N2/c1-2-5-9(11)8-6-3-4-7-10(8)12/h2-4,6-7,9H,1,5,11-12H2/t9-/m0/s1. The predicted molar refractivity (Wildman–Crippen MR) is 52.6 cm³/mol. The molecule has 0 saturated carbocycles. The zero-order valence-electron chi connectivity index (χ0n) is 7.03. The first-order valence-corrected chi connectivity index (χ1v) is 3.96. The maximum absolute atomic E-state index is 5.86. The number of nitrogens with two attached hydrogens (primary N) is 2. The largest absolute Gasteiger partial charge is 0.398 e. The van der Waals surface area contributed by atoms with Crippen molar-refractivity contribution in [2.24, 2.45) is 5.73 Å². The highest BCUT2D eigenvalue weighted by molar-refractivity contribution is 5.48. The number of hydrogen-bond donors (Lipinski definition) is 2. The lowest BCUT2D eigenvalue weighted by Gasteiger charge is -2.11. The van der Waals surface area contributed by atoms with Crippen molar-refractivity contribution in [2.75, 3.05) is 5.73 Å². The van der Waals surface area contributed by atoms with Gasteiger partial charge < -0.3 is 11.5 Å². The summed E-state index contributed by atoms with van der Waals surface area (Å²) in [7, 11) is 0. The van der Waals surface area contributed by atoms with E-state index in [2.05, 4.69) is 6.58 Å². The quantitative estimate of drug-likeness (QED) is 0.526. The van der Waals surface area contributed by atoms with Crippen LogP contribution < -0.4 is 11.5 Å². The summed E-state index contributed by atoms with van der Waals surface area (Å²) in [5, 5.41) is 0. The Kier molecular flexibility index (Phi) is 2.88. The van der Waals surface area contributed by atoms with E-state index in [9.17, 15) is 0 Å². The Morgan fingerprint density at radius 2 is 2.08 bits per heavy atom. The van der Waals surface area contributed by atoms with Gasteiger partial charge in [-0.3, -0.25) is 0 Å². The lowest BCUT2D eigenvalue weighted by Crippen LogP contribution is -2.11. The molecule has 0 radical (unpaired) electrons. The molecule has 0 bridgehead atoms. The van der Waals surface area contributed by atoms with Crippen LogP contribution in [0, 0.1) is 0 Å². The van der Waals surface area contributed by atoms with Crippen molar-refractivity contribution in [1.82, 2.24) is 0 Å². The van der Waals surface area contributed by atoms with Gasteiger partial charge in [-0.2, -0.15) is 0 Å². The first-order valence-electron chi connectivity index (χ1n) is 3.96. The topological polar surface area (TPSA) is 52.0 Å². The van der Waals surface area contributed by atoms with Crippen LogP contribution in [0.4, 0.5) is 5.69 Å². The Morgan fingerprint density at radius 1 is 1.42 bits per heavy atom. The van der Waals surface area contributed by atoms with E-state index in [1.165, 1.54) is 0 Å². The minimum atomic E-state index is -0.0244. The van der Waals surface area contributed by atoms with Gasteiger partial charge in [-0.15, -0.1) is 6.58 Å². The maximum atomic E-state index is 5.86. The first kappa shape index (κ1) is 8.81. The molecule has 2 heteroatoms. The van der Waals surface area contributed by atoms with Gasteiger partial charge in [0.15, 0.2) is 0 Å². The van der Waals surface area contributed by atoms with Crippen LogP contribution in [0.5, 0.6) is 0 Å². The van der Waals surface area contributed by atoms with Gasteiger partial charge in [0, 0.05) is 11.7 Å². The van der Waals surface area contributed by atoms with Crippen LogP contribution in [0.15, 0.2) is 36.9 Å². The van der Waals surface area contributed by atoms with E-state index < -0.39 is 0 Å². The highest BCUT2D eigenvalue weighted by atomic mass is 14.7. The van der Waals surface area contributed by atoms with Crippen molar-refractivity contribution in [3.05, 3.63) is 42.5 Å². The third kappa shape index (κ3) is 1.86. The molecule has 0 aliphatic rings. The molecule has 4 N–H and O–H groups in total. The lowest BCUT2D eigenvalue weighted by atomic mass is 10.0. The number of rotatable bonds is 3. The van der Waals surface area contributed by atoms with Gasteiger partial charge in [0.25, 0.3) is 0 Å². The SMILES string of the molecule is C=CC[C@H](N)c1ccccc1N. The molecular weight excluding hydrogens is 148 g/mol. The first-order chi connectivity index (χ1) is 5.75. The Bertz CT molecular complexity index is 268. The number of para-hydroxylation sites is 1. The van der Waals surface area contributed by atoms with Crippen LogP contribution in [-0.4, -0.2) is 0 Å². The Morgan fingerprint density at radius 3 is 2.67 bits per heavy atom. The van der Waals surface area contributed by atoms with E-state index in [0.717, 1.165) is 17.7 Å². The van der Waals surface area contributed by atoms with Gasteiger partial charge >= 0.3 is 0 Å². The molecular formula is C10H14N2. The molecule has 0 amide bonds. The van der Waals surface area contributed by atoms with E-state index in [0.29, 0.717) is 0 Å². The summed E-state index contributed by atoms with van der Waals surface area (Å²) >= 11 is 0. The molecule has 0 unspecified atom stereocenters. The molecule has 0 spiro atoms. The Balaban J connectivity index is 2.86. The van der Waals surface area contributed by atoms with Crippen molar-refractivity contribution in [2.45, 2.75) is 12.5 Å². The van der Waals surface area contributed by atoms with Gasteiger partial charge in [0.1, 0.15) is 0 Å². The van der Waals surface area contributed by atoms with Crippen molar-refractivity contribution < 1.29 is 0 Å². The molecule has 0 aliphatic heterocycles. The summed E-state index contributed by atoms with van der Waals surface area (Å²) < 4.78 is 0. The van der Waals surface area contributed by atoms with Crippen LogP contribution in [-0.2, 0) is 0 Å². The van der Waals surface area contributed by atoms with Crippen LogP contribution in [0.2, 0.25) is 0 Å². The van der Waals surface area contributed by atoms with Crippen molar-refractivity contribution in [3.8, 4) is 0 Å². The van der Waals surface area contributed by atoms with Crippen molar-refractivity contribution in [3.63, 3.8) is 0 Å². The van der Waals surface area contributed by atoms with Gasteiger partial charge in [-0.05, 0) is 18.1 Å². The average molecular weight is 162 g/mol. The smallest absolute Gasteiger partial charge is 0.0362 e. The van der Waals surface area contributed by atoms with E-state index in [4.69, 9.17) is 11.5 Å². The Hall–Kier alpha value is -1.28. The summed E-state index contributed by atoms with van der Waals surface area (Å²) in [5.74, 6) is 0. The second-order valence-electron chi connectivity index (χ2n) is 2.76. The molecule has 0 aromatic heterocycles. The van der Waals surface area contributed by atoms with Gasteiger partial charge in [0.2, 0.25) is 0 Å². The van der Waals surface area contributed by atoms with Crippen LogP contribution in [0.25, 0.3) is 0 Å². The Labute approximate surface area is 72.9 Å². The van der Waals surface area contributed by atoms with Crippen LogP contribution in [0.1, 0.15) is 18.0 Å². The monoisotopic (exact) mass is 162 g/mol. The molecule has 0 fully saturated rings. The molecule has 0 heterocycles. The highest BCUT2D eigenvalue weighted by Crippen LogP contribution is 2.20. The summed E-state index contributed by atoms with van der Waals surface area (Å²) in [5.41, 5.74) is 13.3. The van der Waals surface area contributed by atoms with E-state index in [-0.39, 0.29) is 6.04 Å². The minimum Gasteiger partial charge on any atom is -0.398 e. The third-order valence-corrected chi connectivity index (χ3v) is 1.82. The predicted octanol–water partition coefficient (Wildman–Crippen LogP) is 1.84. The van der Waals surface area contributed by atoms with E-state index >= 15 is 0 Å². The van der Waals surface area contributed by atoms with Crippen molar-refractivity contribution in [1.29, 1.82) is 0 Å². The zero-order chi connectivity index (χ0) is 8.97. The molecule has 0 aliphatic carbocycles. The minimum absolute atomic E-state index is 0.0244. The molecule has 64 valence electrons.